The summed E-state index contributed by atoms with van der Waals surface area (Å²) in [6.07, 6.45) is 0. The highest BCUT2D eigenvalue weighted by molar-refractivity contribution is 7.59. The van der Waals surface area contributed by atoms with Crippen LogP contribution in [-0.4, -0.2) is 20.1 Å². The molecule has 0 saturated carbocycles. The molecular formula is C3H10N2OS. The lowest BCUT2D eigenvalue weighted by Crippen LogP contribution is -2.28. The van der Waals surface area contributed by atoms with Gasteiger partial charge in [-0.25, -0.2) is 4.79 Å². The second-order valence-electron chi connectivity index (χ2n) is 0.829. The van der Waals surface area contributed by atoms with Crippen LogP contribution in [0.1, 0.15) is 0 Å². The molecular weight excluding hydrogens is 112 g/mol. The minimum atomic E-state index is -0.157. The van der Waals surface area contributed by atoms with Crippen LogP contribution in [0.25, 0.3) is 0 Å². The molecule has 0 unspecified atom stereocenters. The van der Waals surface area contributed by atoms with Gasteiger partial charge in [-0.2, -0.15) is 13.5 Å². The Bertz CT molecular complexity index is 50.9. The lowest BCUT2D eigenvalue weighted by molar-refractivity contribution is 0.245. The molecule has 0 fully saturated rings. The molecule has 0 rings (SSSR count). The van der Waals surface area contributed by atoms with Crippen molar-refractivity contribution in [3.63, 3.8) is 0 Å². The van der Waals surface area contributed by atoms with Crippen molar-refractivity contribution in [2.24, 2.45) is 0 Å². The van der Waals surface area contributed by atoms with Crippen molar-refractivity contribution in [3.05, 3.63) is 0 Å². The van der Waals surface area contributed by atoms with Gasteiger partial charge in [0, 0.05) is 14.1 Å². The van der Waals surface area contributed by atoms with Crippen LogP contribution in [0.15, 0.2) is 0 Å². The number of carbonyl (C=O) groups is 1. The Morgan fingerprint density at radius 1 is 1.29 bits per heavy atom. The van der Waals surface area contributed by atoms with E-state index in [0.717, 1.165) is 0 Å². The maximum Gasteiger partial charge on any atom is 0.314 e. The number of hydrogen-bond acceptors (Lipinski definition) is 1. The van der Waals surface area contributed by atoms with Crippen molar-refractivity contribution in [3.8, 4) is 0 Å². The van der Waals surface area contributed by atoms with E-state index in [1.165, 1.54) is 0 Å². The molecule has 0 aromatic rings. The van der Waals surface area contributed by atoms with Crippen LogP contribution in [0.5, 0.6) is 0 Å². The highest BCUT2D eigenvalue weighted by Gasteiger charge is 1.81. The van der Waals surface area contributed by atoms with Crippen LogP contribution in [0.4, 0.5) is 4.79 Å². The molecule has 0 aromatic heterocycles. The van der Waals surface area contributed by atoms with Gasteiger partial charge in [0.1, 0.15) is 0 Å². The molecule has 2 amide bonds. The lowest BCUT2D eigenvalue weighted by Gasteiger charge is -1.91. The molecule has 0 spiro atoms. The molecule has 0 radical (unpaired) electrons. The Labute approximate surface area is 49.9 Å². The molecule has 0 aliphatic rings. The van der Waals surface area contributed by atoms with Gasteiger partial charge in [-0.15, -0.1) is 0 Å². The van der Waals surface area contributed by atoms with E-state index in [2.05, 4.69) is 10.6 Å². The van der Waals surface area contributed by atoms with Crippen molar-refractivity contribution in [2.45, 2.75) is 0 Å². The average Bonchev–Trinajstić information content (AvgIpc) is 1.65. The Balaban J connectivity index is 0. The van der Waals surface area contributed by atoms with Gasteiger partial charge >= 0.3 is 6.03 Å². The van der Waals surface area contributed by atoms with Gasteiger partial charge in [0.05, 0.1) is 0 Å². The maximum absolute atomic E-state index is 9.96. The zero-order valence-electron chi connectivity index (χ0n) is 4.41. The number of hydrogen-bond donors (Lipinski definition) is 2. The third-order valence-corrected chi connectivity index (χ3v) is 0.454. The predicted octanol–water partition coefficient (Wildman–Crippen LogP) is -0.342. The monoisotopic (exact) mass is 122 g/mol. The molecule has 7 heavy (non-hydrogen) atoms. The normalized spacial score (nSPS) is 6.00. The Morgan fingerprint density at radius 2 is 1.57 bits per heavy atom. The smallest absolute Gasteiger partial charge is 0.314 e. The van der Waals surface area contributed by atoms with Gasteiger partial charge in [0.15, 0.2) is 0 Å². The summed E-state index contributed by atoms with van der Waals surface area (Å²) in [7, 11) is 3.14. The zero-order valence-corrected chi connectivity index (χ0v) is 5.41. The molecule has 4 heteroatoms. The molecule has 0 aliphatic carbocycles. The highest BCUT2D eigenvalue weighted by atomic mass is 32.1. The van der Waals surface area contributed by atoms with Gasteiger partial charge in [-0.1, -0.05) is 0 Å². The first-order chi connectivity index (χ1) is 2.81. The Morgan fingerprint density at radius 3 is 1.57 bits per heavy atom. The predicted molar refractivity (Wildman–Crippen MR) is 33.9 cm³/mol. The first-order valence-electron chi connectivity index (χ1n) is 1.70. The fraction of sp³-hybridized carbons (Fsp3) is 0.667. The molecule has 0 saturated heterocycles. The molecule has 0 bridgehead atoms. The van der Waals surface area contributed by atoms with Crippen molar-refractivity contribution < 1.29 is 4.79 Å². The number of carbonyl (C=O) groups excluding carboxylic acids is 1. The van der Waals surface area contributed by atoms with Gasteiger partial charge in [-0.05, 0) is 0 Å². The summed E-state index contributed by atoms with van der Waals surface area (Å²) in [4.78, 5) is 9.96. The molecule has 44 valence electrons. The minimum Gasteiger partial charge on any atom is -0.341 e. The Kier molecular flexibility index (Phi) is 7.86. The number of amides is 2. The third kappa shape index (κ3) is 5.62. The standard InChI is InChI=1S/C3H8N2O.H2S/c1-4-3(6)5-2;/h1-2H3,(H2,4,5,6);1H2. The van der Waals surface area contributed by atoms with E-state index in [-0.39, 0.29) is 19.5 Å². The molecule has 0 atom stereocenters. The lowest BCUT2D eigenvalue weighted by atomic mass is 11.0. The van der Waals surface area contributed by atoms with Crippen molar-refractivity contribution in [1.82, 2.24) is 10.6 Å². The van der Waals surface area contributed by atoms with Crippen molar-refractivity contribution in [1.29, 1.82) is 0 Å². The van der Waals surface area contributed by atoms with Crippen LogP contribution in [0, 0.1) is 0 Å². The average molecular weight is 122 g/mol. The summed E-state index contributed by atoms with van der Waals surface area (Å²) in [5, 5.41) is 4.73. The van der Waals surface area contributed by atoms with Crippen LogP contribution in [0.2, 0.25) is 0 Å². The van der Waals surface area contributed by atoms with Gasteiger partial charge < -0.3 is 10.6 Å². The summed E-state index contributed by atoms with van der Waals surface area (Å²) in [6.45, 7) is 0. The number of nitrogens with one attached hydrogen (secondary N) is 2. The van der Waals surface area contributed by atoms with E-state index < -0.39 is 0 Å². The minimum absolute atomic E-state index is 0. The molecule has 0 aromatic carbocycles. The third-order valence-electron chi connectivity index (χ3n) is 0.454. The summed E-state index contributed by atoms with van der Waals surface area (Å²) in [5.41, 5.74) is 0. The van der Waals surface area contributed by atoms with Gasteiger partial charge in [0.2, 0.25) is 0 Å². The van der Waals surface area contributed by atoms with Crippen LogP contribution >= 0.6 is 13.5 Å². The van der Waals surface area contributed by atoms with E-state index in [4.69, 9.17) is 0 Å². The van der Waals surface area contributed by atoms with Crippen LogP contribution in [0.3, 0.4) is 0 Å². The van der Waals surface area contributed by atoms with Gasteiger partial charge in [-0.3, -0.25) is 0 Å². The van der Waals surface area contributed by atoms with Crippen LogP contribution in [-0.2, 0) is 0 Å². The largest absolute Gasteiger partial charge is 0.341 e. The first kappa shape index (κ1) is 9.80. The van der Waals surface area contributed by atoms with Crippen LogP contribution < -0.4 is 10.6 Å². The maximum atomic E-state index is 9.96. The van der Waals surface area contributed by atoms with E-state index in [1.54, 1.807) is 14.1 Å². The van der Waals surface area contributed by atoms with E-state index in [9.17, 15) is 4.79 Å². The number of rotatable bonds is 0. The molecule has 3 nitrogen and oxygen atoms in total. The van der Waals surface area contributed by atoms with Crippen molar-refractivity contribution in [2.75, 3.05) is 14.1 Å². The van der Waals surface area contributed by atoms with E-state index >= 15 is 0 Å². The Hall–Kier alpha value is -0.380. The second-order valence-corrected chi connectivity index (χ2v) is 0.829. The number of urea groups is 1. The first-order valence-corrected chi connectivity index (χ1v) is 1.70. The summed E-state index contributed by atoms with van der Waals surface area (Å²) in [6, 6.07) is -0.157. The fourth-order valence-electron chi connectivity index (χ4n) is 0.125. The fourth-order valence-corrected chi connectivity index (χ4v) is 0.125. The summed E-state index contributed by atoms with van der Waals surface area (Å²) >= 11 is 0. The summed E-state index contributed by atoms with van der Waals surface area (Å²) in [5.74, 6) is 0. The topological polar surface area (TPSA) is 41.1 Å². The molecule has 0 aliphatic heterocycles. The highest BCUT2D eigenvalue weighted by Crippen LogP contribution is 1.48. The van der Waals surface area contributed by atoms with Crippen molar-refractivity contribution >= 4 is 19.5 Å². The molecule has 2 N–H and O–H groups in total. The van der Waals surface area contributed by atoms with E-state index in [0.29, 0.717) is 0 Å². The quantitative estimate of drug-likeness (QED) is 0.453. The second kappa shape index (κ2) is 5.62. The summed E-state index contributed by atoms with van der Waals surface area (Å²) < 4.78 is 0. The SMILES string of the molecule is CNC(=O)NC.S. The van der Waals surface area contributed by atoms with E-state index in [1.807, 2.05) is 0 Å². The van der Waals surface area contributed by atoms with Gasteiger partial charge in [0.25, 0.3) is 0 Å². The zero-order chi connectivity index (χ0) is 4.99. The molecule has 0 heterocycles.